The molecule has 0 spiro atoms. The summed E-state index contributed by atoms with van der Waals surface area (Å²) in [4.78, 5) is 13.5. The third kappa shape index (κ3) is 2.38. The molecule has 1 aromatic heterocycles. The molecule has 1 aliphatic heterocycles. The zero-order chi connectivity index (χ0) is 11.5. The van der Waals surface area contributed by atoms with Crippen molar-refractivity contribution in [2.45, 2.75) is 26.2 Å². The van der Waals surface area contributed by atoms with Gasteiger partial charge in [0.05, 0.1) is 5.00 Å². The fourth-order valence-electron chi connectivity index (χ4n) is 2.29. The van der Waals surface area contributed by atoms with Gasteiger partial charge >= 0.3 is 5.97 Å². The second-order valence-corrected chi connectivity index (χ2v) is 5.39. The first-order valence-corrected chi connectivity index (χ1v) is 6.60. The van der Waals surface area contributed by atoms with E-state index in [4.69, 9.17) is 5.11 Å². The molecule has 1 saturated heterocycles. The molecular formula is C12H17NO2S. The summed E-state index contributed by atoms with van der Waals surface area (Å²) in [5, 5.41) is 9.98. The van der Waals surface area contributed by atoms with E-state index in [9.17, 15) is 4.79 Å². The van der Waals surface area contributed by atoms with Gasteiger partial charge in [-0.1, -0.05) is 13.3 Å². The number of aromatic carboxylic acids is 1. The highest BCUT2D eigenvalue weighted by Crippen LogP contribution is 2.31. The maximum atomic E-state index is 10.8. The first-order chi connectivity index (χ1) is 7.70. The van der Waals surface area contributed by atoms with Gasteiger partial charge in [0, 0.05) is 13.1 Å². The standard InChI is InChI=1S/C12H17NO2S/c1-2-3-9-6-7-13(8-9)11-5-4-10(16-11)12(14)15/h4-5,9H,2-3,6-8H2,1H3,(H,14,15). The zero-order valence-corrected chi connectivity index (χ0v) is 10.3. The van der Waals surface area contributed by atoms with Crippen molar-refractivity contribution < 1.29 is 9.90 Å². The molecule has 0 saturated carbocycles. The Morgan fingerprint density at radius 2 is 2.44 bits per heavy atom. The van der Waals surface area contributed by atoms with Crippen molar-refractivity contribution in [1.82, 2.24) is 0 Å². The Morgan fingerprint density at radius 1 is 1.62 bits per heavy atom. The number of carboxylic acid groups (broad SMARTS) is 1. The molecule has 1 atom stereocenters. The number of carbonyl (C=O) groups is 1. The molecule has 1 fully saturated rings. The maximum Gasteiger partial charge on any atom is 0.345 e. The molecule has 1 N–H and O–H groups in total. The lowest BCUT2D eigenvalue weighted by Crippen LogP contribution is -2.18. The minimum absolute atomic E-state index is 0.439. The van der Waals surface area contributed by atoms with Crippen molar-refractivity contribution in [1.29, 1.82) is 0 Å². The van der Waals surface area contributed by atoms with Crippen molar-refractivity contribution in [2.75, 3.05) is 18.0 Å². The Morgan fingerprint density at radius 3 is 3.06 bits per heavy atom. The molecule has 0 amide bonds. The van der Waals surface area contributed by atoms with Crippen molar-refractivity contribution in [3.05, 3.63) is 17.0 Å². The van der Waals surface area contributed by atoms with Crippen molar-refractivity contribution >= 4 is 22.3 Å². The summed E-state index contributed by atoms with van der Waals surface area (Å²) in [6.07, 6.45) is 3.77. The van der Waals surface area contributed by atoms with Crippen LogP contribution < -0.4 is 4.90 Å². The first-order valence-electron chi connectivity index (χ1n) is 5.78. The Hall–Kier alpha value is -1.03. The molecule has 3 nitrogen and oxygen atoms in total. The fourth-order valence-corrected chi connectivity index (χ4v) is 3.17. The number of rotatable bonds is 4. The summed E-state index contributed by atoms with van der Waals surface area (Å²) < 4.78 is 0. The molecule has 1 aliphatic rings. The number of anilines is 1. The van der Waals surface area contributed by atoms with Gasteiger partial charge in [-0.05, 0) is 30.9 Å². The van der Waals surface area contributed by atoms with Gasteiger partial charge in [0.2, 0.25) is 0 Å². The summed E-state index contributed by atoms with van der Waals surface area (Å²) in [5.41, 5.74) is 0. The molecule has 1 unspecified atom stereocenters. The monoisotopic (exact) mass is 239 g/mol. The van der Waals surface area contributed by atoms with Crippen LogP contribution in [0.5, 0.6) is 0 Å². The summed E-state index contributed by atoms with van der Waals surface area (Å²) in [6, 6.07) is 3.64. The van der Waals surface area contributed by atoms with Gasteiger partial charge in [-0.15, -0.1) is 11.3 Å². The highest BCUT2D eigenvalue weighted by Gasteiger charge is 2.23. The van der Waals surface area contributed by atoms with Crippen LogP contribution in [0, 0.1) is 5.92 Å². The van der Waals surface area contributed by atoms with E-state index in [1.165, 1.54) is 30.6 Å². The van der Waals surface area contributed by atoms with E-state index in [0.717, 1.165) is 24.0 Å². The van der Waals surface area contributed by atoms with Crippen LogP contribution in [0.4, 0.5) is 5.00 Å². The Balaban J connectivity index is 2.00. The lowest BCUT2D eigenvalue weighted by atomic mass is 10.0. The van der Waals surface area contributed by atoms with Crippen molar-refractivity contribution in [3.63, 3.8) is 0 Å². The topological polar surface area (TPSA) is 40.5 Å². The molecule has 16 heavy (non-hydrogen) atoms. The third-order valence-corrected chi connectivity index (χ3v) is 4.23. The van der Waals surface area contributed by atoms with Crippen LogP contribution in [-0.2, 0) is 0 Å². The van der Waals surface area contributed by atoms with E-state index in [2.05, 4.69) is 11.8 Å². The normalized spacial score (nSPS) is 20.3. The Kier molecular flexibility index (Phi) is 3.49. The van der Waals surface area contributed by atoms with E-state index in [1.54, 1.807) is 6.07 Å². The van der Waals surface area contributed by atoms with Crippen LogP contribution in [0.3, 0.4) is 0 Å². The Bertz CT molecular complexity index is 375. The van der Waals surface area contributed by atoms with Gasteiger partial charge in [-0.25, -0.2) is 4.79 Å². The third-order valence-electron chi connectivity index (χ3n) is 3.10. The average Bonchev–Trinajstić information content (AvgIpc) is 2.84. The summed E-state index contributed by atoms with van der Waals surface area (Å²) in [6.45, 7) is 4.38. The number of carboxylic acids is 1. The minimum Gasteiger partial charge on any atom is -0.477 e. The predicted molar refractivity (Wildman–Crippen MR) is 66.5 cm³/mol. The zero-order valence-electron chi connectivity index (χ0n) is 9.48. The predicted octanol–water partition coefficient (Wildman–Crippen LogP) is 3.07. The quantitative estimate of drug-likeness (QED) is 0.877. The molecule has 0 bridgehead atoms. The highest BCUT2D eigenvalue weighted by molar-refractivity contribution is 7.17. The lowest BCUT2D eigenvalue weighted by Gasteiger charge is -2.15. The number of hydrogen-bond donors (Lipinski definition) is 1. The van der Waals surface area contributed by atoms with E-state index >= 15 is 0 Å². The molecule has 2 rings (SSSR count). The summed E-state index contributed by atoms with van der Waals surface area (Å²) in [7, 11) is 0. The number of thiophene rings is 1. The molecule has 0 aliphatic carbocycles. The highest BCUT2D eigenvalue weighted by atomic mass is 32.1. The molecule has 88 valence electrons. The molecule has 0 radical (unpaired) electrons. The van der Waals surface area contributed by atoms with Crippen LogP contribution in [0.1, 0.15) is 35.9 Å². The molecule has 2 heterocycles. The summed E-state index contributed by atoms with van der Waals surface area (Å²) in [5.74, 6) is -0.0269. The second-order valence-electron chi connectivity index (χ2n) is 4.33. The van der Waals surface area contributed by atoms with E-state index < -0.39 is 5.97 Å². The van der Waals surface area contributed by atoms with Crippen LogP contribution in [0.25, 0.3) is 0 Å². The second kappa shape index (κ2) is 4.87. The van der Waals surface area contributed by atoms with Crippen molar-refractivity contribution in [2.24, 2.45) is 5.92 Å². The fraction of sp³-hybridized carbons (Fsp3) is 0.583. The number of nitrogens with zero attached hydrogens (tertiary/aromatic N) is 1. The van der Waals surface area contributed by atoms with Gasteiger partial charge < -0.3 is 10.0 Å². The van der Waals surface area contributed by atoms with Gasteiger partial charge in [-0.2, -0.15) is 0 Å². The van der Waals surface area contributed by atoms with E-state index in [1.807, 2.05) is 6.07 Å². The van der Waals surface area contributed by atoms with Crippen LogP contribution in [-0.4, -0.2) is 24.2 Å². The first kappa shape index (κ1) is 11.5. The average molecular weight is 239 g/mol. The van der Waals surface area contributed by atoms with E-state index in [-0.39, 0.29) is 0 Å². The van der Waals surface area contributed by atoms with Gasteiger partial charge in [0.1, 0.15) is 4.88 Å². The molecular weight excluding hydrogens is 222 g/mol. The maximum absolute atomic E-state index is 10.8. The van der Waals surface area contributed by atoms with Crippen LogP contribution in [0.2, 0.25) is 0 Å². The molecule has 4 heteroatoms. The van der Waals surface area contributed by atoms with Crippen molar-refractivity contribution in [3.8, 4) is 0 Å². The van der Waals surface area contributed by atoms with Gasteiger partial charge in [0.15, 0.2) is 0 Å². The van der Waals surface area contributed by atoms with Crippen LogP contribution in [0.15, 0.2) is 12.1 Å². The Labute approximate surface area is 99.7 Å². The van der Waals surface area contributed by atoms with Crippen LogP contribution >= 0.6 is 11.3 Å². The van der Waals surface area contributed by atoms with E-state index in [0.29, 0.717) is 4.88 Å². The van der Waals surface area contributed by atoms with Gasteiger partial charge in [0.25, 0.3) is 0 Å². The smallest absolute Gasteiger partial charge is 0.345 e. The SMILES string of the molecule is CCCC1CCN(c2ccc(C(=O)O)s2)C1. The number of hydrogen-bond acceptors (Lipinski definition) is 3. The largest absolute Gasteiger partial charge is 0.477 e. The minimum atomic E-state index is -0.819. The molecule has 0 aromatic carbocycles. The summed E-state index contributed by atoms with van der Waals surface area (Å²) >= 11 is 1.38. The van der Waals surface area contributed by atoms with Gasteiger partial charge in [-0.3, -0.25) is 0 Å². The molecule has 1 aromatic rings. The lowest BCUT2D eigenvalue weighted by molar-refractivity contribution is 0.0702.